The monoisotopic (exact) mass is 364 g/mol. The van der Waals surface area contributed by atoms with E-state index in [1.54, 1.807) is 29.3 Å². The number of carbonyl (C=O) groups excluding carboxylic acids is 1. The van der Waals surface area contributed by atoms with E-state index in [0.717, 1.165) is 5.56 Å². The Balaban J connectivity index is 2.07. The molecule has 0 bridgehead atoms. The third-order valence-corrected chi connectivity index (χ3v) is 4.94. The second kappa shape index (κ2) is 7.10. The van der Waals surface area contributed by atoms with Crippen LogP contribution in [0.25, 0.3) is 10.9 Å². The minimum absolute atomic E-state index is 0.0703. The summed E-state index contributed by atoms with van der Waals surface area (Å²) in [6.07, 6.45) is 1.55. The van der Waals surface area contributed by atoms with Gasteiger partial charge in [0.25, 0.3) is 0 Å². The van der Waals surface area contributed by atoms with Crippen LogP contribution in [0.2, 0.25) is 0 Å². The van der Waals surface area contributed by atoms with Gasteiger partial charge in [0.05, 0.1) is 11.7 Å². The Morgan fingerprint density at radius 3 is 2.33 bits per heavy atom. The Hall–Kier alpha value is -2.75. The predicted molar refractivity (Wildman–Crippen MR) is 108 cm³/mol. The van der Waals surface area contributed by atoms with E-state index in [9.17, 15) is 9.18 Å². The molecule has 3 nitrogen and oxygen atoms in total. The second-order valence-electron chi connectivity index (χ2n) is 7.90. The van der Waals surface area contributed by atoms with E-state index in [-0.39, 0.29) is 28.7 Å². The Labute approximate surface area is 159 Å². The summed E-state index contributed by atoms with van der Waals surface area (Å²) in [5.74, 6) is -0.487. The first kappa shape index (κ1) is 19.0. The smallest absolute Gasteiger partial charge is 0.224 e. The minimum atomic E-state index is -0.389. The number of amides is 1. The standard InChI is InChI=1S/C23H25FN2O/c1-15(17-9-11-18(12-10-17)23(3,4)5)26(16(2)27)21-13-14-25-22-19(21)7-6-8-20(22)24/h6-15H,1-5H3. The first-order valence-corrected chi connectivity index (χ1v) is 9.13. The SMILES string of the molecule is CC(=O)N(c1ccnc2c(F)cccc12)C(C)c1ccc(C(C)(C)C)cc1. The number of benzene rings is 2. The number of rotatable bonds is 3. The van der Waals surface area contributed by atoms with Crippen molar-refractivity contribution in [1.82, 2.24) is 4.98 Å². The van der Waals surface area contributed by atoms with E-state index in [1.807, 2.05) is 6.92 Å². The van der Waals surface area contributed by atoms with Crippen LogP contribution in [0.4, 0.5) is 10.1 Å². The average Bonchev–Trinajstić information content (AvgIpc) is 2.62. The number of fused-ring (bicyclic) bond motifs is 1. The van der Waals surface area contributed by atoms with Crippen molar-refractivity contribution in [2.24, 2.45) is 0 Å². The molecule has 3 rings (SSSR count). The molecule has 1 aromatic heterocycles. The number of nitrogens with zero attached hydrogens (tertiary/aromatic N) is 2. The molecule has 4 heteroatoms. The number of hydrogen-bond acceptors (Lipinski definition) is 2. The molecule has 0 spiro atoms. The molecule has 0 aliphatic rings. The molecule has 0 saturated heterocycles. The Morgan fingerprint density at radius 2 is 1.74 bits per heavy atom. The summed E-state index contributed by atoms with van der Waals surface area (Å²) in [5, 5.41) is 0.630. The Morgan fingerprint density at radius 1 is 1.07 bits per heavy atom. The molecule has 3 aromatic rings. The molecule has 1 heterocycles. The van der Waals surface area contributed by atoms with Crippen molar-refractivity contribution in [1.29, 1.82) is 0 Å². The fourth-order valence-corrected chi connectivity index (χ4v) is 3.40. The van der Waals surface area contributed by atoms with E-state index in [0.29, 0.717) is 11.1 Å². The first-order valence-electron chi connectivity index (χ1n) is 9.13. The quantitative estimate of drug-likeness (QED) is 0.590. The maximum Gasteiger partial charge on any atom is 0.224 e. The van der Waals surface area contributed by atoms with Gasteiger partial charge in [0.15, 0.2) is 0 Å². The Bertz CT molecular complexity index is 974. The summed E-state index contributed by atoms with van der Waals surface area (Å²) in [6.45, 7) is 10.0. The van der Waals surface area contributed by atoms with E-state index in [2.05, 4.69) is 50.0 Å². The largest absolute Gasteiger partial charge is 0.305 e. The first-order chi connectivity index (χ1) is 12.7. The number of halogens is 1. The summed E-state index contributed by atoms with van der Waals surface area (Å²) >= 11 is 0. The molecular weight excluding hydrogens is 339 g/mol. The zero-order valence-corrected chi connectivity index (χ0v) is 16.5. The van der Waals surface area contributed by atoms with E-state index in [4.69, 9.17) is 0 Å². The zero-order valence-electron chi connectivity index (χ0n) is 16.5. The predicted octanol–water partition coefficient (Wildman–Crippen LogP) is 5.79. The lowest BCUT2D eigenvalue weighted by Gasteiger charge is -2.30. The van der Waals surface area contributed by atoms with Gasteiger partial charge in [-0.3, -0.25) is 9.78 Å². The van der Waals surface area contributed by atoms with Crippen molar-refractivity contribution in [2.75, 3.05) is 4.90 Å². The van der Waals surface area contributed by atoms with Crippen LogP contribution >= 0.6 is 0 Å². The van der Waals surface area contributed by atoms with Crippen LogP contribution < -0.4 is 4.90 Å². The van der Waals surface area contributed by atoms with Crippen LogP contribution in [0.1, 0.15) is 51.8 Å². The van der Waals surface area contributed by atoms with Crippen molar-refractivity contribution in [3.05, 3.63) is 71.7 Å². The van der Waals surface area contributed by atoms with Gasteiger partial charge in [0, 0.05) is 18.5 Å². The molecule has 0 aliphatic carbocycles. The zero-order chi connectivity index (χ0) is 19.8. The molecule has 140 valence electrons. The number of para-hydroxylation sites is 1. The number of pyridine rings is 1. The van der Waals surface area contributed by atoms with Crippen LogP contribution in [-0.2, 0) is 10.2 Å². The van der Waals surface area contributed by atoms with Crippen LogP contribution in [0.15, 0.2) is 54.7 Å². The lowest BCUT2D eigenvalue weighted by Crippen LogP contribution is -2.31. The van der Waals surface area contributed by atoms with Gasteiger partial charge in [-0.1, -0.05) is 57.2 Å². The molecule has 0 radical (unpaired) electrons. The summed E-state index contributed by atoms with van der Waals surface area (Å²) in [7, 11) is 0. The molecule has 1 atom stereocenters. The summed E-state index contributed by atoms with van der Waals surface area (Å²) in [4.78, 5) is 18.4. The van der Waals surface area contributed by atoms with Gasteiger partial charge >= 0.3 is 0 Å². The average molecular weight is 364 g/mol. The molecule has 0 fully saturated rings. The lowest BCUT2D eigenvalue weighted by atomic mass is 9.86. The third kappa shape index (κ3) is 3.70. The van der Waals surface area contributed by atoms with E-state index >= 15 is 0 Å². The molecular formula is C23H25FN2O. The van der Waals surface area contributed by atoms with Gasteiger partial charge in [0.2, 0.25) is 5.91 Å². The minimum Gasteiger partial charge on any atom is -0.305 e. The van der Waals surface area contributed by atoms with Crippen LogP contribution in [-0.4, -0.2) is 10.9 Å². The third-order valence-electron chi connectivity index (χ3n) is 4.94. The molecule has 1 amide bonds. The molecule has 1 unspecified atom stereocenters. The topological polar surface area (TPSA) is 33.2 Å². The highest BCUT2D eigenvalue weighted by Gasteiger charge is 2.23. The molecule has 0 N–H and O–H groups in total. The molecule has 0 aliphatic heterocycles. The highest BCUT2D eigenvalue weighted by Crippen LogP contribution is 2.34. The molecule has 27 heavy (non-hydrogen) atoms. The van der Waals surface area contributed by atoms with Gasteiger partial charge < -0.3 is 4.90 Å². The van der Waals surface area contributed by atoms with Crippen molar-refractivity contribution < 1.29 is 9.18 Å². The second-order valence-corrected chi connectivity index (χ2v) is 7.90. The van der Waals surface area contributed by atoms with Gasteiger partial charge in [-0.25, -0.2) is 4.39 Å². The van der Waals surface area contributed by atoms with Gasteiger partial charge in [-0.05, 0) is 35.6 Å². The van der Waals surface area contributed by atoms with Crippen LogP contribution in [0.5, 0.6) is 0 Å². The lowest BCUT2D eigenvalue weighted by molar-refractivity contribution is -0.117. The van der Waals surface area contributed by atoms with Gasteiger partial charge in [0.1, 0.15) is 11.3 Å². The number of aromatic nitrogens is 1. The van der Waals surface area contributed by atoms with Gasteiger partial charge in [-0.15, -0.1) is 0 Å². The Kier molecular flexibility index (Phi) is 5.01. The maximum atomic E-state index is 14.1. The number of anilines is 1. The fraction of sp³-hybridized carbons (Fsp3) is 0.304. The number of carbonyl (C=O) groups is 1. The van der Waals surface area contributed by atoms with Gasteiger partial charge in [-0.2, -0.15) is 0 Å². The van der Waals surface area contributed by atoms with Crippen molar-refractivity contribution in [3.8, 4) is 0 Å². The normalized spacial score (nSPS) is 12.8. The van der Waals surface area contributed by atoms with Crippen LogP contribution in [0, 0.1) is 5.82 Å². The van der Waals surface area contributed by atoms with Crippen molar-refractivity contribution in [2.45, 2.75) is 46.1 Å². The van der Waals surface area contributed by atoms with E-state index < -0.39 is 0 Å². The highest BCUT2D eigenvalue weighted by atomic mass is 19.1. The molecule has 2 aromatic carbocycles. The number of hydrogen-bond donors (Lipinski definition) is 0. The van der Waals surface area contributed by atoms with Crippen molar-refractivity contribution in [3.63, 3.8) is 0 Å². The fourth-order valence-electron chi connectivity index (χ4n) is 3.40. The maximum absolute atomic E-state index is 14.1. The van der Waals surface area contributed by atoms with Crippen LogP contribution in [0.3, 0.4) is 0 Å². The van der Waals surface area contributed by atoms with Crippen molar-refractivity contribution >= 4 is 22.5 Å². The van der Waals surface area contributed by atoms with E-state index in [1.165, 1.54) is 18.6 Å². The summed E-state index contributed by atoms with van der Waals surface area (Å²) in [6, 6.07) is 14.7. The highest BCUT2D eigenvalue weighted by molar-refractivity contribution is 6.02. The molecule has 0 saturated carbocycles. The summed E-state index contributed by atoms with van der Waals surface area (Å²) in [5.41, 5.74) is 3.28. The summed E-state index contributed by atoms with van der Waals surface area (Å²) < 4.78 is 14.1.